The van der Waals surface area contributed by atoms with Crippen molar-refractivity contribution in [3.8, 4) is 11.1 Å². The lowest BCUT2D eigenvalue weighted by Crippen LogP contribution is -2.28. The summed E-state index contributed by atoms with van der Waals surface area (Å²) >= 11 is 0. The molecule has 3 N–H and O–H groups in total. The zero-order valence-electron chi connectivity index (χ0n) is 19.8. The third-order valence-electron chi connectivity index (χ3n) is 5.99. The Morgan fingerprint density at radius 2 is 1.82 bits per heavy atom. The first-order valence-electron chi connectivity index (χ1n) is 11.5. The maximum Gasteiger partial charge on any atom is 0.270 e. The molecule has 0 bridgehead atoms. The molecule has 1 atom stereocenters. The molecule has 3 aromatic carbocycles. The SMILES string of the molecule is O=c1ccc2cc(S(=O)(=O)N(c3ccon3)c3ccc(-c4cccc(F)c4)cc3C[C@@H](O)CO)ccc2[nH]1. The van der Waals surface area contributed by atoms with Crippen molar-refractivity contribution in [1.29, 1.82) is 0 Å². The van der Waals surface area contributed by atoms with E-state index in [0.29, 0.717) is 27.6 Å². The number of anilines is 2. The van der Waals surface area contributed by atoms with Gasteiger partial charge in [0, 0.05) is 24.1 Å². The summed E-state index contributed by atoms with van der Waals surface area (Å²) in [4.78, 5) is 14.2. The highest BCUT2D eigenvalue weighted by molar-refractivity contribution is 7.93. The molecular formula is C27H22FN3O6S. The van der Waals surface area contributed by atoms with Gasteiger partial charge in [-0.15, -0.1) is 0 Å². The summed E-state index contributed by atoms with van der Waals surface area (Å²) in [5, 5.41) is 24.1. The quantitative estimate of drug-likeness (QED) is 0.275. The Hall–Kier alpha value is -4.32. The van der Waals surface area contributed by atoms with Crippen LogP contribution < -0.4 is 9.86 Å². The molecule has 2 aromatic heterocycles. The highest BCUT2D eigenvalue weighted by atomic mass is 32.2. The van der Waals surface area contributed by atoms with Crippen LogP contribution in [0, 0.1) is 5.82 Å². The second-order valence-electron chi connectivity index (χ2n) is 8.59. The molecule has 0 aliphatic carbocycles. The number of halogens is 1. The van der Waals surface area contributed by atoms with Gasteiger partial charge >= 0.3 is 0 Å². The third kappa shape index (κ3) is 4.94. The number of nitrogens with one attached hydrogen (secondary N) is 1. The minimum Gasteiger partial charge on any atom is -0.394 e. The molecule has 0 aliphatic heterocycles. The number of benzene rings is 3. The van der Waals surface area contributed by atoms with Gasteiger partial charge in [-0.05, 0) is 70.6 Å². The molecule has 11 heteroatoms. The standard InChI is InChI=1S/C27H22FN3O6S/c28-21-3-1-2-17(13-21)18-4-8-25(20(12-18)14-22(33)16-32)31(26-10-11-37-30-26)38(35,36)23-6-7-24-19(15-23)5-9-27(34)29-24/h1-13,15,22,32-33H,14,16H2,(H,29,34)/t22-/m1/s1. The van der Waals surface area contributed by atoms with Crippen molar-refractivity contribution < 1.29 is 27.5 Å². The first kappa shape index (κ1) is 25.3. The number of H-pyrrole nitrogens is 1. The number of aliphatic hydroxyl groups excluding tert-OH is 2. The number of nitrogens with zero attached hydrogens (tertiary/aromatic N) is 2. The van der Waals surface area contributed by atoms with Crippen molar-refractivity contribution in [1.82, 2.24) is 10.1 Å². The van der Waals surface area contributed by atoms with Crippen LogP contribution in [0.2, 0.25) is 0 Å². The third-order valence-corrected chi connectivity index (χ3v) is 7.70. The van der Waals surface area contributed by atoms with Gasteiger partial charge in [-0.2, -0.15) is 0 Å². The average molecular weight is 536 g/mol. The highest BCUT2D eigenvalue weighted by Gasteiger charge is 2.31. The maximum atomic E-state index is 14.1. The Morgan fingerprint density at radius 3 is 2.55 bits per heavy atom. The van der Waals surface area contributed by atoms with E-state index in [2.05, 4.69) is 10.1 Å². The van der Waals surface area contributed by atoms with Crippen molar-refractivity contribution in [2.45, 2.75) is 17.4 Å². The van der Waals surface area contributed by atoms with E-state index in [0.717, 1.165) is 4.31 Å². The van der Waals surface area contributed by atoms with Gasteiger partial charge in [0.15, 0.2) is 5.82 Å². The summed E-state index contributed by atoms with van der Waals surface area (Å²) in [5.41, 5.74) is 1.81. The van der Waals surface area contributed by atoms with Crippen LogP contribution in [0.15, 0.2) is 99.3 Å². The molecule has 0 fully saturated rings. The first-order valence-corrected chi connectivity index (χ1v) is 13.0. The Balaban J connectivity index is 1.69. The summed E-state index contributed by atoms with van der Waals surface area (Å²) in [5.74, 6) is -0.474. The Kier molecular flexibility index (Phi) is 6.81. The van der Waals surface area contributed by atoms with E-state index in [-0.39, 0.29) is 28.4 Å². The summed E-state index contributed by atoms with van der Waals surface area (Å²) in [6, 6.07) is 19.2. The fourth-order valence-electron chi connectivity index (χ4n) is 4.20. The minimum atomic E-state index is -4.31. The summed E-state index contributed by atoms with van der Waals surface area (Å²) in [6.45, 7) is -0.552. The smallest absolute Gasteiger partial charge is 0.270 e. The number of rotatable bonds is 8. The molecule has 0 saturated carbocycles. The number of aliphatic hydroxyl groups is 2. The molecule has 2 heterocycles. The molecule has 0 spiro atoms. The summed E-state index contributed by atoms with van der Waals surface area (Å²) in [7, 11) is -4.31. The Morgan fingerprint density at radius 1 is 1.00 bits per heavy atom. The van der Waals surface area contributed by atoms with Crippen LogP contribution in [0.3, 0.4) is 0 Å². The van der Waals surface area contributed by atoms with Crippen molar-refractivity contribution in [3.63, 3.8) is 0 Å². The zero-order chi connectivity index (χ0) is 26.9. The molecule has 9 nitrogen and oxygen atoms in total. The molecule has 0 radical (unpaired) electrons. The normalized spacial score (nSPS) is 12.5. The van der Waals surface area contributed by atoms with Crippen molar-refractivity contribution in [2.75, 3.05) is 10.9 Å². The van der Waals surface area contributed by atoms with E-state index in [9.17, 15) is 27.8 Å². The van der Waals surface area contributed by atoms with Crippen LogP contribution in [0.25, 0.3) is 22.0 Å². The van der Waals surface area contributed by atoms with Gasteiger partial charge in [0.2, 0.25) is 5.56 Å². The van der Waals surface area contributed by atoms with Crippen molar-refractivity contribution in [2.24, 2.45) is 0 Å². The Labute approximate surface area is 216 Å². The van der Waals surface area contributed by atoms with E-state index in [1.165, 1.54) is 60.9 Å². The van der Waals surface area contributed by atoms with Gasteiger partial charge in [-0.25, -0.2) is 17.1 Å². The monoisotopic (exact) mass is 535 g/mol. The maximum absolute atomic E-state index is 14.1. The van der Waals surface area contributed by atoms with E-state index in [4.69, 9.17) is 4.52 Å². The van der Waals surface area contributed by atoms with E-state index < -0.39 is 28.6 Å². The zero-order valence-corrected chi connectivity index (χ0v) is 20.6. The van der Waals surface area contributed by atoms with Crippen LogP contribution in [0.1, 0.15) is 5.56 Å². The Bertz CT molecular complexity index is 1770. The molecule has 0 saturated heterocycles. The number of aromatic amines is 1. The molecule has 5 aromatic rings. The van der Waals surface area contributed by atoms with Gasteiger partial charge in [-0.3, -0.25) is 4.79 Å². The first-order chi connectivity index (χ1) is 18.3. The van der Waals surface area contributed by atoms with Gasteiger partial charge < -0.3 is 19.7 Å². The molecule has 0 amide bonds. The van der Waals surface area contributed by atoms with Crippen molar-refractivity contribution in [3.05, 3.63) is 107 Å². The molecule has 5 rings (SSSR count). The summed E-state index contributed by atoms with van der Waals surface area (Å²) in [6.07, 6.45) is -0.0553. The number of pyridine rings is 1. The largest absolute Gasteiger partial charge is 0.394 e. The van der Waals surface area contributed by atoms with Crippen LogP contribution in [0.5, 0.6) is 0 Å². The van der Waals surface area contributed by atoms with Crippen molar-refractivity contribution >= 4 is 32.4 Å². The lowest BCUT2D eigenvalue weighted by molar-refractivity contribution is 0.0956. The lowest BCUT2D eigenvalue weighted by atomic mass is 9.98. The molecular weight excluding hydrogens is 513 g/mol. The summed E-state index contributed by atoms with van der Waals surface area (Å²) < 4.78 is 47.9. The number of hydrogen-bond donors (Lipinski definition) is 3. The van der Waals surface area contributed by atoms with Gasteiger partial charge in [0.25, 0.3) is 10.0 Å². The van der Waals surface area contributed by atoms with Crippen LogP contribution in [0.4, 0.5) is 15.9 Å². The van der Waals surface area contributed by atoms with Crippen LogP contribution in [-0.4, -0.2) is 41.5 Å². The van der Waals surface area contributed by atoms with Gasteiger partial charge in [0.1, 0.15) is 12.1 Å². The minimum absolute atomic E-state index is 0.0372. The number of aromatic nitrogens is 2. The molecule has 0 aliphatic rings. The molecule has 194 valence electrons. The number of hydrogen-bond acceptors (Lipinski definition) is 7. The second kappa shape index (κ2) is 10.2. The molecule has 0 unspecified atom stereocenters. The topological polar surface area (TPSA) is 137 Å². The van der Waals surface area contributed by atoms with E-state index in [1.807, 2.05) is 0 Å². The van der Waals surface area contributed by atoms with E-state index in [1.54, 1.807) is 24.3 Å². The number of fused-ring (bicyclic) bond motifs is 1. The van der Waals surface area contributed by atoms with Gasteiger partial charge in [-0.1, -0.05) is 23.4 Å². The predicted molar refractivity (Wildman–Crippen MR) is 139 cm³/mol. The van der Waals surface area contributed by atoms with Gasteiger partial charge in [0.05, 0.1) is 23.3 Å². The number of sulfonamides is 1. The average Bonchev–Trinajstić information content (AvgIpc) is 3.43. The fraction of sp³-hybridized carbons (Fsp3) is 0.111. The molecule has 38 heavy (non-hydrogen) atoms. The van der Waals surface area contributed by atoms with Crippen LogP contribution >= 0.6 is 0 Å². The highest BCUT2D eigenvalue weighted by Crippen LogP contribution is 2.37. The second-order valence-corrected chi connectivity index (χ2v) is 10.4. The predicted octanol–water partition coefficient (Wildman–Crippen LogP) is 3.74. The van der Waals surface area contributed by atoms with Crippen LogP contribution in [-0.2, 0) is 16.4 Å². The lowest BCUT2D eigenvalue weighted by Gasteiger charge is -2.25. The fourth-order valence-corrected chi connectivity index (χ4v) is 5.70. The van der Waals surface area contributed by atoms with E-state index >= 15 is 0 Å².